The van der Waals surface area contributed by atoms with Gasteiger partial charge in [0.1, 0.15) is 17.4 Å². The molecule has 16 heavy (non-hydrogen) atoms. The lowest BCUT2D eigenvalue weighted by Gasteiger charge is -2.07. The van der Waals surface area contributed by atoms with Gasteiger partial charge in [-0.2, -0.15) is 0 Å². The zero-order chi connectivity index (χ0) is 11.7. The summed E-state index contributed by atoms with van der Waals surface area (Å²) >= 11 is 0. The minimum atomic E-state index is -0.631. The third-order valence-corrected chi connectivity index (χ3v) is 2.42. The maximum Gasteiger partial charge on any atom is 0.136 e. The Balaban J connectivity index is 2.68. The van der Waals surface area contributed by atoms with Crippen molar-refractivity contribution in [2.75, 3.05) is 0 Å². The van der Waals surface area contributed by atoms with Gasteiger partial charge in [-0.25, -0.2) is 8.78 Å². The molecule has 0 aliphatic rings. The van der Waals surface area contributed by atoms with Crippen LogP contribution in [0.1, 0.15) is 5.56 Å². The zero-order valence-corrected chi connectivity index (χ0v) is 8.67. The second-order valence-electron chi connectivity index (χ2n) is 3.60. The van der Waals surface area contributed by atoms with Crippen LogP contribution in [0.25, 0.3) is 11.1 Å². The lowest BCUT2D eigenvalue weighted by atomic mass is 10.0. The number of halogens is 2. The number of aryl methyl sites for hydroxylation is 1. The molecule has 3 heteroatoms. The van der Waals surface area contributed by atoms with Crippen molar-refractivity contribution in [2.24, 2.45) is 0 Å². The van der Waals surface area contributed by atoms with E-state index in [9.17, 15) is 13.9 Å². The number of benzene rings is 2. The zero-order valence-electron chi connectivity index (χ0n) is 8.67. The molecule has 0 aliphatic heterocycles. The lowest BCUT2D eigenvalue weighted by molar-refractivity contribution is 0.475. The summed E-state index contributed by atoms with van der Waals surface area (Å²) in [5, 5.41) is 9.28. The lowest BCUT2D eigenvalue weighted by Crippen LogP contribution is -1.93. The first-order chi connectivity index (χ1) is 7.59. The van der Waals surface area contributed by atoms with E-state index in [-0.39, 0.29) is 11.3 Å². The summed E-state index contributed by atoms with van der Waals surface area (Å²) in [5.41, 5.74) is 0.606. The molecule has 0 unspecified atom stereocenters. The Labute approximate surface area is 92.0 Å². The maximum absolute atomic E-state index is 13.8. The molecule has 0 fully saturated rings. The quantitative estimate of drug-likeness (QED) is 0.777. The van der Waals surface area contributed by atoms with E-state index in [4.69, 9.17) is 0 Å². The Bertz CT molecular complexity index is 535. The summed E-state index contributed by atoms with van der Waals surface area (Å²) in [7, 11) is 0. The summed E-state index contributed by atoms with van der Waals surface area (Å²) in [6, 6.07) is 8.50. The third kappa shape index (κ3) is 1.76. The van der Waals surface area contributed by atoms with Crippen molar-refractivity contribution in [3.63, 3.8) is 0 Å². The smallest absolute Gasteiger partial charge is 0.136 e. The molecule has 1 N–H and O–H groups in total. The molecule has 0 heterocycles. The number of phenolic OH excluding ortho intramolecular Hbond substituents is 1. The molecule has 1 nitrogen and oxygen atoms in total. The van der Waals surface area contributed by atoms with Gasteiger partial charge in [-0.15, -0.1) is 0 Å². The summed E-state index contributed by atoms with van der Waals surface area (Å²) in [6.45, 7) is 1.57. The van der Waals surface area contributed by atoms with Gasteiger partial charge >= 0.3 is 0 Å². The minimum Gasteiger partial charge on any atom is -0.508 e. The number of phenols is 1. The molecule has 82 valence electrons. The molecular formula is C13H10F2O. The molecule has 0 radical (unpaired) electrons. The third-order valence-electron chi connectivity index (χ3n) is 2.42. The Morgan fingerprint density at radius 3 is 2.50 bits per heavy atom. The van der Waals surface area contributed by atoms with Crippen molar-refractivity contribution in [2.45, 2.75) is 6.92 Å². The van der Waals surface area contributed by atoms with Gasteiger partial charge < -0.3 is 5.11 Å². The molecule has 0 aromatic heterocycles. The highest BCUT2D eigenvalue weighted by molar-refractivity contribution is 5.67. The standard InChI is InChI=1S/C13H10F2O/c1-8-5-6-11(14)12(13(8)15)9-3-2-4-10(16)7-9/h2-7,16H,1H3. The molecule has 2 rings (SSSR count). The van der Waals surface area contributed by atoms with Crippen molar-refractivity contribution in [1.29, 1.82) is 0 Å². The summed E-state index contributed by atoms with van der Waals surface area (Å²) in [5.74, 6) is -1.24. The molecule has 2 aromatic rings. The van der Waals surface area contributed by atoms with Crippen molar-refractivity contribution in [3.8, 4) is 16.9 Å². The van der Waals surface area contributed by atoms with Crippen LogP contribution in [0.15, 0.2) is 36.4 Å². The van der Waals surface area contributed by atoms with Crippen LogP contribution in [0.3, 0.4) is 0 Å². The highest BCUT2D eigenvalue weighted by Crippen LogP contribution is 2.29. The monoisotopic (exact) mass is 220 g/mol. The van der Waals surface area contributed by atoms with Gasteiger partial charge in [-0.1, -0.05) is 18.2 Å². The fourth-order valence-corrected chi connectivity index (χ4v) is 1.58. The normalized spacial score (nSPS) is 10.4. The number of hydrogen-bond donors (Lipinski definition) is 1. The van der Waals surface area contributed by atoms with Crippen LogP contribution >= 0.6 is 0 Å². The van der Waals surface area contributed by atoms with Gasteiger partial charge in [0, 0.05) is 0 Å². The van der Waals surface area contributed by atoms with Gasteiger partial charge in [-0.3, -0.25) is 0 Å². The van der Waals surface area contributed by atoms with E-state index in [2.05, 4.69) is 0 Å². The fourth-order valence-electron chi connectivity index (χ4n) is 1.58. The van der Waals surface area contributed by atoms with Crippen LogP contribution in [0.4, 0.5) is 8.78 Å². The van der Waals surface area contributed by atoms with Crippen molar-refractivity contribution >= 4 is 0 Å². The molecular weight excluding hydrogens is 210 g/mol. The van der Waals surface area contributed by atoms with Crippen LogP contribution < -0.4 is 0 Å². The number of hydrogen-bond acceptors (Lipinski definition) is 1. The summed E-state index contributed by atoms with van der Waals surface area (Å²) < 4.78 is 27.3. The van der Waals surface area contributed by atoms with Crippen LogP contribution in [0.2, 0.25) is 0 Å². The molecule has 0 amide bonds. The van der Waals surface area contributed by atoms with Crippen molar-refractivity contribution < 1.29 is 13.9 Å². The second-order valence-corrected chi connectivity index (χ2v) is 3.60. The van der Waals surface area contributed by atoms with Gasteiger partial charge in [0.05, 0.1) is 5.56 Å². The first-order valence-electron chi connectivity index (χ1n) is 4.83. The SMILES string of the molecule is Cc1ccc(F)c(-c2cccc(O)c2)c1F. The van der Waals surface area contributed by atoms with Crippen molar-refractivity contribution in [1.82, 2.24) is 0 Å². The topological polar surface area (TPSA) is 20.2 Å². The van der Waals surface area contributed by atoms with E-state index in [1.54, 1.807) is 19.1 Å². The van der Waals surface area contributed by atoms with Crippen LogP contribution in [-0.4, -0.2) is 5.11 Å². The first kappa shape index (κ1) is 10.6. The molecule has 0 spiro atoms. The number of aromatic hydroxyl groups is 1. The average molecular weight is 220 g/mol. The summed E-state index contributed by atoms with van der Waals surface area (Å²) in [4.78, 5) is 0. The van der Waals surface area contributed by atoms with Crippen LogP contribution in [0, 0.1) is 18.6 Å². The van der Waals surface area contributed by atoms with Gasteiger partial charge in [0.15, 0.2) is 0 Å². The highest BCUT2D eigenvalue weighted by Gasteiger charge is 2.13. The van der Waals surface area contributed by atoms with E-state index >= 15 is 0 Å². The van der Waals surface area contributed by atoms with Gasteiger partial charge in [0.2, 0.25) is 0 Å². The maximum atomic E-state index is 13.8. The molecule has 0 atom stereocenters. The van der Waals surface area contributed by atoms with E-state index in [1.165, 1.54) is 24.3 Å². The van der Waals surface area contributed by atoms with E-state index in [0.717, 1.165) is 0 Å². The Morgan fingerprint density at radius 1 is 1.06 bits per heavy atom. The number of rotatable bonds is 1. The predicted octanol–water partition coefficient (Wildman–Crippen LogP) is 3.65. The molecule has 2 aromatic carbocycles. The highest BCUT2D eigenvalue weighted by atomic mass is 19.1. The van der Waals surface area contributed by atoms with E-state index in [1.807, 2.05) is 0 Å². The molecule has 0 bridgehead atoms. The Kier molecular flexibility index (Phi) is 2.60. The second kappa shape index (κ2) is 3.93. The first-order valence-corrected chi connectivity index (χ1v) is 4.83. The van der Waals surface area contributed by atoms with Crippen molar-refractivity contribution in [3.05, 3.63) is 53.6 Å². The van der Waals surface area contributed by atoms with Gasteiger partial charge in [-0.05, 0) is 36.2 Å². The summed E-state index contributed by atoms with van der Waals surface area (Å²) in [6.07, 6.45) is 0. The molecule has 0 saturated heterocycles. The van der Waals surface area contributed by atoms with Crippen LogP contribution in [0.5, 0.6) is 5.75 Å². The minimum absolute atomic E-state index is 0.0159. The molecule has 0 saturated carbocycles. The predicted molar refractivity (Wildman–Crippen MR) is 58.2 cm³/mol. The Morgan fingerprint density at radius 2 is 1.81 bits per heavy atom. The fraction of sp³-hybridized carbons (Fsp3) is 0.0769. The Hall–Kier alpha value is -1.90. The largest absolute Gasteiger partial charge is 0.508 e. The van der Waals surface area contributed by atoms with E-state index < -0.39 is 11.6 Å². The van der Waals surface area contributed by atoms with Crippen LogP contribution in [-0.2, 0) is 0 Å². The molecule has 0 aliphatic carbocycles. The van der Waals surface area contributed by atoms with E-state index in [0.29, 0.717) is 11.1 Å². The van der Waals surface area contributed by atoms with Gasteiger partial charge in [0.25, 0.3) is 0 Å². The average Bonchev–Trinajstić information content (AvgIpc) is 2.24.